The molecule has 2 N–H and O–H groups in total. The van der Waals surface area contributed by atoms with Crippen molar-refractivity contribution in [3.05, 3.63) is 33.4 Å². The van der Waals surface area contributed by atoms with Crippen molar-refractivity contribution in [3.8, 4) is 0 Å². The molecule has 0 atom stereocenters. The van der Waals surface area contributed by atoms with Gasteiger partial charge in [0.05, 0.1) is 15.6 Å². The molecule has 7 heteroatoms. The lowest BCUT2D eigenvalue weighted by Crippen LogP contribution is -2.26. The molecule has 0 heterocycles. The van der Waals surface area contributed by atoms with Crippen LogP contribution in [0, 0.1) is 3.57 Å². The van der Waals surface area contributed by atoms with Crippen LogP contribution in [0.1, 0.15) is 16.8 Å². The van der Waals surface area contributed by atoms with Crippen molar-refractivity contribution >= 4 is 31.7 Å². The minimum atomic E-state index is -3.72. The molecule has 1 aromatic rings. The van der Waals surface area contributed by atoms with Crippen molar-refractivity contribution in [2.45, 2.75) is 6.42 Å². The van der Waals surface area contributed by atoms with Gasteiger partial charge in [-0.2, -0.15) is 0 Å². The molecular weight excluding hydrogens is 341 g/mol. The lowest BCUT2D eigenvalue weighted by atomic mass is 10.2. The van der Waals surface area contributed by atoms with Gasteiger partial charge in [-0.3, -0.25) is 9.59 Å². The Kier molecular flexibility index (Phi) is 5.01. The highest BCUT2D eigenvalue weighted by Gasteiger charge is 2.13. The van der Waals surface area contributed by atoms with Gasteiger partial charge in [0.1, 0.15) is 0 Å². The Bertz CT molecular complexity index is 501. The van der Waals surface area contributed by atoms with E-state index in [1.807, 2.05) is 0 Å². The molecule has 6 nitrogen and oxygen atoms in total. The molecule has 0 aliphatic heterocycles. The van der Waals surface area contributed by atoms with E-state index in [0.29, 0.717) is 0 Å². The second-order valence-corrected chi connectivity index (χ2v) is 5.50. The number of hydrogen-bond donors (Lipinski definition) is 2. The molecule has 1 amide bonds. The van der Waals surface area contributed by atoms with Crippen molar-refractivity contribution in [1.29, 1.82) is 0 Å². The summed E-state index contributed by atoms with van der Waals surface area (Å²) in [4.78, 5) is 21.8. The van der Waals surface area contributed by atoms with E-state index in [1.165, 1.54) is 18.2 Å². The highest BCUT2D eigenvalue weighted by Crippen LogP contribution is 2.21. The molecule has 0 spiro atoms. The van der Waals surface area contributed by atoms with Crippen LogP contribution >= 0.6 is 19.8 Å². The van der Waals surface area contributed by atoms with Gasteiger partial charge < -0.3 is 10.4 Å². The van der Waals surface area contributed by atoms with E-state index in [-0.39, 0.29) is 22.1 Å². The van der Waals surface area contributed by atoms with E-state index >= 15 is 0 Å². The number of halogens is 1. The molecule has 0 unspecified atom stereocenters. The summed E-state index contributed by atoms with van der Waals surface area (Å²) in [6.45, 7) is -0.0333. The normalized spacial score (nSPS) is 10.2. The molecule has 0 saturated heterocycles. The van der Waals surface area contributed by atoms with Crippen LogP contribution in [-0.4, -0.2) is 23.5 Å². The smallest absolute Gasteiger partial charge is 0.341 e. The molecule has 0 aromatic heterocycles. The van der Waals surface area contributed by atoms with Gasteiger partial charge >= 0.3 is 25.8 Å². The first-order chi connectivity index (χ1) is 8.02. The minimum Gasteiger partial charge on any atom is -0.481 e. The summed E-state index contributed by atoms with van der Waals surface area (Å²) in [6.07, 6.45) is -0.203. The topological polar surface area (TPSA) is 101 Å². The zero-order valence-corrected chi connectivity index (χ0v) is 10.8. The maximum atomic E-state index is 11.6. The maximum Gasteiger partial charge on any atom is 0.341 e. The molecule has 17 heavy (non-hydrogen) atoms. The molecule has 0 radical (unpaired) electrons. The van der Waals surface area contributed by atoms with Gasteiger partial charge in [0.2, 0.25) is 0 Å². The van der Waals surface area contributed by atoms with Crippen molar-refractivity contribution in [1.82, 2.24) is 5.32 Å². The van der Waals surface area contributed by atoms with Gasteiger partial charge in [0.25, 0.3) is 5.91 Å². The Labute approximate surface area is 104 Å². The molecule has 0 aliphatic carbocycles. The number of carbonyl (C=O) groups is 2. The van der Waals surface area contributed by atoms with Crippen molar-refractivity contribution in [2.75, 3.05) is 6.54 Å². The molecule has 92 valence electrons. The molecule has 0 bridgehead atoms. The minimum absolute atomic E-state index is 0.0181. The number of amides is 1. The zero-order valence-electron chi connectivity index (χ0n) is 8.68. The van der Waals surface area contributed by atoms with Crippen LogP contribution < -0.4 is 5.32 Å². The molecule has 0 aliphatic rings. The van der Waals surface area contributed by atoms with Crippen LogP contribution in [-0.2, 0) is 10.9 Å². The summed E-state index contributed by atoms with van der Waals surface area (Å²) >= 11 is -3.72. The molecule has 1 rings (SSSR count). The Morgan fingerprint density at radius 3 is 2.47 bits per heavy atom. The van der Waals surface area contributed by atoms with E-state index in [4.69, 9.17) is 5.11 Å². The molecule has 0 saturated carbocycles. The number of hydrogen-bond acceptors (Lipinski definition) is 4. The standard InChI is InChI=1S/C10H10INO5/c13-9(14)5-6-12-10(15)7-3-1-2-4-8(7)11(16)17/h1-4H,5-6H2,(H,12,15)(H,13,14). The first-order valence-electron chi connectivity index (χ1n) is 4.66. The van der Waals surface area contributed by atoms with Crippen LogP contribution in [0.3, 0.4) is 0 Å². The van der Waals surface area contributed by atoms with E-state index in [9.17, 15) is 15.7 Å². The third kappa shape index (κ3) is 4.10. The van der Waals surface area contributed by atoms with Crippen LogP contribution in [0.5, 0.6) is 0 Å². The lowest BCUT2D eigenvalue weighted by molar-refractivity contribution is -0.136. The van der Waals surface area contributed by atoms with E-state index in [2.05, 4.69) is 5.32 Å². The summed E-state index contributed by atoms with van der Waals surface area (Å²) in [6, 6.07) is 5.83. The fourth-order valence-electron chi connectivity index (χ4n) is 1.16. The number of benzene rings is 1. The Morgan fingerprint density at radius 1 is 1.24 bits per heavy atom. The Morgan fingerprint density at radius 2 is 1.88 bits per heavy atom. The number of carboxylic acids is 1. The van der Waals surface area contributed by atoms with Gasteiger partial charge in [0.15, 0.2) is 0 Å². The average Bonchev–Trinajstić information content (AvgIpc) is 2.28. The van der Waals surface area contributed by atoms with Crippen LogP contribution in [0.25, 0.3) is 0 Å². The fraction of sp³-hybridized carbons (Fsp3) is 0.200. The van der Waals surface area contributed by atoms with Crippen LogP contribution in [0.15, 0.2) is 24.3 Å². The molecular formula is C10H10INO5. The number of carbonyl (C=O) groups excluding carboxylic acids is 1. The summed E-state index contributed by atoms with van der Waals surface area (Å²) in [5, 5.41) is 10.7. The van der Waals surface area contributed by atoms with Crippen LogP contribution in [0.2, 0.25) is 0 Å². The maximum absolute atomic E-state index is 11.6. The SMILES string of the molecule is O=C(O)CCNC(=O)c1ccccc1I(=O)=O. The van der Waals surface area contributed by atoms with Gasteiger partial charge in [-0.05, 0) is 12.1 Å². The first-order valence-corrected chi connectivity index (χ1v) is 7.50. The van der Waals surface area contributed by atoms with Crippen molar-refractivity contribution in [2.24, 2.45) is 0 Å². The van der Waals surface area contributed by atoms with Crippen molar-refractivity contribution < 1.29 is 20.8 Å². The van der Waals surface area contributed by atoms with Gasteiger partial charge in [-0.1, -0.05) is 12.1 Å². The molecule has 1 aromatic carbocycles. The largest absolute Gasteiger partial charge is 0.481 e. The summed E-state index contributed by atoms with van der Waals surface area (Å²) in [5.41, 5.74) is 0.0630. The predicted octanol–water partition coefficient (Wildman–Crippen LogP) is 1.26. The van der Waals surface area contributed by atoms with E-state index in [1.54, 1.807) is 6.07 Å². The highest BCUT2D eigenvalue weighted by atomic mass is 127. The second-order valence-electron chi connectivity index (χ2n) is 3.10. The first kappa shape index (κ1) is 13.6. The average molecular weight is 351 g/mol. The third-order valence-corrected chi connectivity index (χ3v) is 3.80. The number of aliphatic carboxylic acids is 1. The van der Waals surface area contributed by atoms with Gasteiger partial charge in [0, 0.05) is 6.54 Å². The lowest BCUT2D eigenvalue weighted by Gasteiger charge is -2.04. The predicted molar refractivity (Wildman–Crippen MR) is 65.1 cm³/mol. The van der Waals surface area contributed by atoms with Crippen molar-refractivity contribution in [3.63, 3.8) is 0 Å². The fourth-order valence-corrected chi connectivity index (χ4v) is 2.56. The van der Waals surface area contributed by atoms with E-state index < -0.39 is 31.7 Å². The number of carboxylic acid groups (broad SMARTS) is 1. The molecule has 0 fully saturated rings. The summed E-state index contributed by atoms with van der Waals surface area (Å²) in [7, 11) is 0. The third-order valence-electron chi connectivity index (χ3n) is 1.91. The second kappa shape index (κ2) is 6.28. The monoisotopic (exact) mass is 351 g/mol. The Balaban J connectivity index is 2.78. The van der Waals surface area contributed by atoms with Gasteiger partial charge in [-0.15, -0.1) is 0 Å². The van der Waals surface area contributed by atoms with Crippen LogP contribution in [0.4, 0.5) is 0 Å². The number of nitrogens with one attached hydrogen (secondary N) is 1. The van der Waals surface area contributed by atoms with E-state index in [0.717, 1.165) is 0 Å². The summed E-state index contributed by atoms with van der Waals surface area (Å²) < 4.78 is 21.9. The zero-order chi connectivity index (χ0) is 12.8. The highest BCUT2D eigenvalue weighted by molar-refractivity contribution is 14.2. The summed E-state index contributed by atoms with van der Waals surface area (Å²) in [5.74, 6) is -1.60. The van der Waals surface area contributed by atoms with Gasteiger partial charge in [-0.25, -0.2) is 6.14 Å². The quantitative estimate of drug-likeness (QED) is 0.778. The Hall–Kier alpha value is -1.51. The number of rotatable bonds is 5.